The van der Waals surface area contributed by atoms with Crippen LogP contribution in [-0.4, -0.2) is 36.5 Å². The Hall–Kier alpha value is -1.33. The summed E-state index contributed by atoms with van der Waals surface area (Å²) in [7, 11) is 4.00. The van der Waals surface area contributed by atoms with Crippen molar-refractivity contribution in [1.29, 1.82) is 0 Å². The molecule has 100 valence electrons. The van der Waals surface area contributed by atoms with Crippen molar-refractivity contribution in [3.63, 3.8) is 0 Å². The molecule has 0 radical (unpaired) electrons. The first-order valence-electron chi connectivity index (χ1n) is 5.67. The van der Waals surface area contributed by atoms with Crippen molar-refractivity contribution < 1.29 is 4.92 Å². The van der Waals surface area contributed by atoms with Crippen molar-refractivity contribution in [1.82, 2.24) is 4.90 Å². The van der Waals surface area contributed by atoms with Gasteiger partial charge in [-0.3, -0.25) is 10.1 Å². The van der Waals surface area contributed by atoms with Crippen LogP contribution in [0.5, 0.6) is 0 Å². The maximum Gasteiger partial charge on any atom is 0.288 e. The zero-order valence-corrected chi connectivity index (χ0v) is 11.8. The van der Waals surface area contributed by atoms with Crippen LogP contribution in [0.25, 0.3) is 0 Å². The molecule has 0 heterocycles. The number of nitrogens with one attached hydrogen (secondary N) is 1. The highest BCUT2D eigenvalue weighted by molar-refractivity contribution is 6.33. The summed E-state index contributed by atoms with van der Waals surface area (Å²) in [5.74, 6) is 0. The second kappa shape index (κ2) is 6.02. The van der Waals surface area contributed by atoms with Crippen molar-refractivity contribution in [2.45, 2.75) is 19.9 Å². The molecule has 0 fully saturated rings. The fourth-order valence-corrected chi connectivity index (χ4v) is 1.67. The van der Waals surface area contributed by atoms with E-state index in [1.165, 1.54) is 6.07 Å². The molecule has 0 saturated heterocycles. The molecule has 5 nitrogen and oxygen atoms in total. The van der Waals surface area contributed by atoms with Crippen molar-refractivity contribution in [3.8, 4) is 0 Å². The van der Waals surface area contributed by atoms with Gasteiger partial charge in [-0.25, -0.2) is 0 Å². The minimum absolute atomic E-state index is 0.0552. The second-order valence-corrected chi connectivity index (χ2v) is 4.98. The Balaban J connectivity index is 2.85. The third-order valence-corrected chi connectivity index (χ3v) is 3.26. The summed E-state index contributed by atoms with van der Waals surface area (Å²) in [6.07, 6.45) is 0. The Morgan fingerprint density at radius 2 is 2.11 bits per heavy atom. The van der Waals surface area contributed by atoms with Gasteiger partial charge in [0.1, 0.15) is 5.02 Å². The van der Waals surface area contributed by atoms with E-state index in [2.05, 4.69) is 17.1 Å². The van der Waals surface area contributed by atoms with Gasteiger partial charge in [0.2, 0.25) is 0 Å². The summed E-state index contributed by atoms with van der Waals surface area (Å²) >= 11 is 5.88. The van der Waals surface area contributed by atoms with Gasteiger partial charge < -0.3 is 10.2 Å². The Morgan fingerprint density at radius 3 is 2.61 bits per heavy atom. The number of nitro groups is 1. The number of benzene rings is 1. The second-order valence-electron chi connectivity index (χ2n) is 4.57. The summed E-state index contributed by atoms with van der Waals surface area (Å²) < 4.78 is 0. The molecule has 6 heteroatoms. The molecule has 0 saturated carbocycles. The van der Waals surface area contributed by atoms with Gasteiger partial charge in [0, 0.05) is 24.3 Å². The SMILES string of the molecule is Cc1cc([N+](=O)[O-])c(Cl)cc1NCC(C)N(C)C. The van der Waals surface area contributed by atoms with E-state index in [0.29, 0.717) is 6.04 Å². The zero-order chi connectivity index (χ0) is 13.9. The third kappa shape index (κ3) is 3.58. The van der Waals surface area contributed by atoms with E-state index in [0.717, 1.165) is 17.8 Å². The van der Waals surface area contributed by atoms with Crippen LogP contribution in [0, 0.1) is 17.0 Å². The summed E-state index contributed by atoms with van der Waals surface area (Å²) in [4.78, 5) is 12.4. The van der Waals surface area contributed by atoms with Crippen molar-refractivity contribution >= 4 is 23.0 Å². The largest absolute Gasteiger partial charge is 0.383 e. The predicted octanol–water partition coefficient (Wildman–Crippen LogP) is 2.92. The lowest BCUT2D eigenvalue weighted by molar-refractivity contribution is -0.384. The lowest BCUT2D eigenvalue weighted by Crippen LogP contribution is -2.31. The molecule has 18 heavy (non-hydrogen) atoms. The zero-order valence-electron chi connectivity index (χ0n) is 11.0. The quantitative estimate of drug-likeness (QED) is 0.661. The van der Waals surface area contributed by atoms with E-state index in [1.807, 2.05) is 21.0 Å². The number of halogens is 1. The number of anilines is 1. The van der Waals surface area contributed by atoms with Crippen LogP contribution >= 0.6 is 11.6 Å². The fraction of sp³-hybridized carbons (Fsp3) is 0.500. The first-order valence-corrected chi connectivity index (χ1v) is 6.05. The highest BCUT2D eigenvalue weighted by atomic mass is 35.5. The third-order valence-electron chi connectivity index (χ3n) is 2.96. The van der Waals surface area contributed by atoms with Gasteiger partial charge in [-0.05, 0) is 39.6 Å². The molecule has 0 bridgehead atoms. The molecular formula is C12H18ClN3O2. The minimum atomic E-state index is -0.471. The van der Waals surface area contributed by atoms with Gasteiger partial charge >= 0.3 is 0 Å². The van der Waals surface area contributed by atoms with Crippen LogP contribution in [0.1, 0.15) is 12.5 Å². The van der Waals surface area contributed by atoms with Crippen LogP contribution in [0.4, 0.5) is 11.4 Å². The number of aryl methyl sites for hydroxylation is 1. The number of rotatable bonds is 5. The average molecular weight is 272 g/mol. The normalized spacial score (nSPS) is 12.6. The Bertz CT molecular complexity index is 449. The summed E-state index contributed by atoms with van der Waals surface area (Å²) in [5.41, 5.74) is 1.59. The standard InChI is InChI=1S/C12H18ClN3O2/c1-8-5-12(16(17)18)10(13)6-11(8)14-7-9(2)15(3)4/h5-6,9,14H,7H2,1-4H3. The monoisotopic (exact) mass is 271 g/mol. The highest BCUT2D eigenvalue weighted by Gasteiger charge is 2.15. The van der Waals surface area contributed by atoms with Crippen LogP contribution in [0.3, 0.4) is 0 Å². The molecule has 0 aromatic heterocycles. The molecule has 1 atom stereocenters. The molecule has 0 aliphatic carbocycles. The molecule has 1 unspecified atom stereocenters. The van der Waals surface area contributed by atoms with E-state index < -0.39 is 4.92 Å². The molecule has 1 aromatic rings. The van der Waals surface area contributed by atoms with Gasteiger partial charge in [-0.1, -0.05) is 11.6 Å². The van der Waals surface area contributed by atoms with Gasteiger partial charge in [0.25, 0.3) is 5.69 Å². The first-order chi connectivity index (χ1) is 8.32. The molecule has 1 N–H and O–H groups in total. The lowest BCUT2D eigenvalue weighted by atomic mass is 10.1. The number of hydrogen-bond donors (Lipinski definition) is 1. The summed E-state index contributed by atoms with van der Waals surface area (Å²) in [6.45, 7) is 4.67. The molecular weight excluding hydrogens is 254 g/mol. The number of hydrogen-bond acceptors (Lipinski definition) is 4. The van der Waals surface area contributed by atoms with Crippen molar-refractivity contribution in [2.75, 3.05) is 26.0 Å². The van der Waals surface area contributed by atoms with E-state index in [9.17, 15) is 10.1 Å². The highest BCUT2D eigenvalue weighted by Crippen LogP contribution is 2.30. The molecule has 0 spiro atoms. The molecule has 1 aromatic carbocycles. The van der Waals surface area contributed by atoms with Crippen LogP contribution in [0.15, 0.2) is 12.1 Å². The Kier molecular flexibility index (Phi) is 4.93. The van der Waals surface area contributed by atoms with Gasteiger partial charge in [-0.15, -0.1) is 0 Å². The Morgan fingerprint density at radius 1 is 1.50 bits per heavy atom. The van der Waals surface area contributed by atoms with Gasteiger partial charge in [0.15, 0.2) is 0 Å². The smallest absolute Gasteiger partial charge is 0.288 e. The topological polar surface area (TPSA) is 58.4 Å². The van der Waals surface area contributed by atoms with E-state index >= 15 is 0 Å². The van der Waals surface area contributed by atoms with E-state index in [-0.39, 0.29) is 10.7 Å². The first kappa shape index (κ1) is 14.7. The van der Waals surface area contributed by atoms with Crippen molar-refractivity contribution in [2.24, 2.45) is 0 Å². The van der Waals surface area contributed by atoms with Crippen LogP contribution in [0.2, 0.25) is 5.02 Å². The van der Waals surface area contributed by atoms with Crippen LogP contribution < -0.4 is 5.32 Å². The summed E-state index contributed by atoms with van der Waals surface area (Å²) in [6, 6.07) is 3.46. The van der Waals surface area contributed by atoms with Gasteiger partial charge in [-0.2, -0.15) is 0 Å². The van der Waals surface area contributed by atoms with E-state index in [1.54, 1.807) is 6.07 Å². The maximum absolute atomic E-state index is 10.7. The number of likely N-dealkylation sites (N-methyl/N-ethyl adjacent to an activating group) is 1. The van der Waals surface area contributed by atoms with Gasteiger partial charge in [0.05, 0.1) is 4.92 Å². The van der Waals surface area contributed by atoms with Crippen LogP contribution in [-0.2, 0) is 0 Å². The predicted molar refractivity (Wildman–Crippen MR) is 74.5 cm³/mol. The maximum atomic E-state index is 10.7. The molecule has 0 aliphatic heterocycles. The summed E-state index contributed by atoms with van der Waals surface area (Å²) in [5, 5.41) is 14.1. The number of nitro benzene ring substituents is 1. The lowest BCUT2D eigenvalue weighted by Gasteiger charge is -2.21. The fourth-order valence-electron chi connectivity index (χ4n) is 1.44. The average Bonchev–Trinajstić information content (AvgIpc) is 2.28. The number of nitrogens with zero attached hydrogens (tertiary/aromatic N) is 2. The van der Waals surface area contributed by atoms with E-state index in [4.69, 9.17) is 11.6 Å². The van der Waals surface area contributed by atoms with Crippen molar-refractivity contribution in [3.05, 3.63) is 32.8 Å². The molecule has 0 amide bonds. The minimum Gasteiger partial charge on any atom is -0.383 e. The molecule has 0 aliphatic rings. The Labute approximate surface area is 112 Å². The molecule has 1 rings (SSSR count).